The Labute approximate surface area is 103 Å². The van der Waals surface area contributed by atoms with Gasteiger partial charge in [0.1, 0.15) is 12.4 Å². The van der Waals surface area contributed by atoms with Crippen LogP contribution in [0.2, 0.25) is 0 Å². The summed E-state index contributed by atoms with van der Waals surface area (Å²) in [5.74, 6) is 1.98. The van der Waals surface area contributed by atoms with Gasteiger partial charge >= 0.3 is 0 Å². The zero-order valence-electron chi connectivity index (χ0n) is 10.2. The van der Waals surface area contributed by atoms with Crippen LogP contribution in [0.5, 0.6) is 5.75 Å². The minimum atomic E-state index is 0.607. The number of benzene rings is 1. The van der Waals surface area contributed by atoms with Crippen LogP contribution in [0.3, 0.4) is 0 Å². The van der Waals surface area contributed by atoms with E-state index in [2.05, 4.69) is 23.1 Å². The molecular weight excluding hydrogens is 212 g/mol. The van der Waals surface area contributed by atoms with Gasteiger partial charge in [0.25, 0.3) is 0 Å². The molecule has 1 heterocycles. The van der Waals surface area contributed by atoms with Gasteiger partial charge in [-0.25, -0.2) is 0 Å². The summed E-state index contributed by atoms with van der Waals surface area (Å²) >= 11 is 0. The Morgan fingerprint density at radius 3 is 3.00 bits per heavy atom. The van der Waals surface area contributed by atoms with E-state index in [-0.39, 0.29) is 0 Å². The number of rotatable bonds is 3. The van der Waals surface area contributed by atoms with Crippen molar-refractivity contribution in [2.24, 2.45) is 11.7 Å². The maximum Gasteiger partial charge on any atom is 0.123 e. The first kappa shape index (κ1) is 11.1. The highest BCUT2D eigenvalue weighted by molar-refractivity contribution is 5.37. The quantitative estimate of drug-likeness (QED) is 0.863. The fraction of sp³-hybridized carbons (Fsp3) is 0.571. The molecule has 1 aliphatic heterocycles. The number of ether oxygens (including phenoxy) is 1. The summed E-state index contributed by atoms with van der Waals surface area (Å²) in [6.07, 6.45) is 2.82. The number of hydrogen-bond acceptors (Lipinski definition) is 3. The molecule has 3 rings (SSSR count). The van der Waals surface area contributed by atoms with Crippen molar-refractivity contribution < 1.29 is 4.74 Å². The highest BCUT2D eigenvalue weighted by Crippen LogP contribution is 2.31. The summed E-state index contributed by atoms with van der Waals surface area (Å²) in [7, 11) is 0. The predicted octanol–water partition coefficient (Wildman–Crippen LogP) is 1.75. The standard InChI is InChI=1S/C14H20N2O/c15-8-12-3-4-14-13(7-12)10-16(5-6-17-14)9-11-1-2-11/h3-4,7,11H,1-2,5-6,8-10,15H2. The Hall–Kier alpha value is -1.06. The van der Waals surface area contributed by atoms with Gasteiger partial charge in [-0.05, 0) is 36.5 Å². The van der Waals surface area contributed by atoms with Crippen molar-refractivity contribution in [3.8, 4) is 5.75 Å². The lowest BCUT2D eigenvalue weighted by Gasteiger charge is -2.18. The summed E-state index contributed by atoms with van der Waals surface area (Å²) < 4.78 is 5.80. The fourth-order valence-corrected chi connectivity index (χ4v) is 2.45. The van der Waals surface area contributed by atoms with Gasteiger partial charge in [-0.15, -0.1) is 0 Å². The zero-order chi connectivity index (χ0) is 11.7. The molecule has 92 valence electrons. The zero-order valence-corrected chi connectivity index (χ0v) is 10.2. The normalized spacial score (nSPS) is 20.5. The largest absolute Gasteiger partial charge is 0.492 e. The minimum absolute atomic E-state index is 0.607. The summed E-state index contributed by atoms with van der Waals surface area (Å²) in [6, 6.07) is 6.33. The summed E-state index contributed by atoms with van der Waals surface area (Å²) in [6.45, 7) is 4.70. The second-order valence-electron chi connectivity index (χ2n) is 5.17. The lowest BCUT2D eigenvalue weighted by molar-refractivity contribution is 0.219. The van der Waals surface area contributed by atoms with Crippen LogP contribution >= 0.6 is 0 Å². The van der Waals surface area contributed by atoms with E-state index in [1.807, 2.05) is 0 Å². The van der Waals surface area contributed by atoms with Crippen molar-refractivity contribution in [1.29, 1.82) is 0 Å². The fourth-order valence-electron chi connectivity index (χ4n) is 2.45. The molecule has 17 heavy (non-hydrogen) atoms. The van der Waals surface area contributed by atoms with Crippen molar-refractivity contribution in [3.05, 3.63) is 29.3 Å². The molecule has 1 saturated carbocycles. The average molecular weight is 232 g/mol. The van der Waals surface area contributed by atoms with Crippen LogP contribution in [-0.4, -0.2) is 24.6 Å². The molecule has 3 nitrogen and oxygen atoms in total. The average Bonchev–Trinajstić information content (AvgIpc) is 3.15. The first-order chi connectivity index (χ1) is 8.35. The predicted molar refractivity (Wildman–Crippen MR) is 67.8 cm³/mol. The molecule has 0 spiro atoms. The van der Waals surface area contributed by atoms with Gasteiger partial charge in [0, 0.05) is 31.7 Å². The molecule has 0 amide bonds. The Balaban J connectivity index is 1.78. The maximum absolute atomic E-state index is 5.80. The molecule has 1 aromatic carbocycles. The SMILES string of the molecule is NCc1ccc2c(c1)CN(CC1CC1)CCO2. The van der Waals surface area contributed by atoms with E-state index in [4.69, 9.17) is 10.5 Å². The van der Waals surface area contributed by atoms with Gasteiger partial charge in [0.2, 0.25) is 0 Å². The molecule has 0 saturated heterocycles. The van der Waals surface area contributed by atoms with E-state index in [9.17, 15) is 0 Å². The first-order valence-electron chi connectivity index (χ1n) is 6.52. The number of nitrogens with zero attached hydrogens (tertiary/aromatic N) is 1. The highest BCUT2D eigenvalue weighted by atomic mass is 16.5. The van der Waals surface area contributed by atoms with Gasteiger partial charge in [-0.1, -0.05) is 6.07 Å². The van der Waals surface area contributed by atoms with E-state index in [1.165, 1.54) is 30.5 Å². The third-order valence-corrected chi connectivity index (χ3v) is 3.63. The third kappa shape index (κ3) is 2.61. The van der Waals surface area contributed by atoms with Crippen LogP contribution in [-0.2, 0) is 13.1 Å². The molecule has 3 heteroatoms. The van der Waals surface area contributed by atoms with Gasteiger partial charge in [0.05, 0.1) is 0 Å². The molecule has 0 atom stereocenters. The molecule has 2 N–H and O–H groups in total. The Bertz CT molecular complexity index is 401. The number of nitrogens with two attached hydrogens (primary N) is 1. The van der Waals surface area contributed by atoms with Crippen LogP contribution in [0, 0.1) is 5.92 Å². The first-order valence-corrected chi connectivity index (χ1v) is 6.52. The van der Waals surface area contributed by atoms with Crippen LogP contribution < -0.4 is 10.5 Å². The van der Waals surface area contributed by atoms with E-state index in [0.717, 1.165) is 31.4 Å². The molecule has 1 aromatic rings. The minimum Gasteiger partial charge on any atom is -0.492 e. The van der Waals surface area contributed by atoms with Crippen molar-refractivity contribution in [2.75, 3.05) is 19.7 Å². The van der Waals surface area contributed by atoms with Crippen LogP contribution in [0.15, 0.2) is 18.2 Å². The van der Waals surface area contributed by atoms with Gasteiger partial charge in [0.15, 0.2) is 0 Å². The molecule has 0 unspecified atom stereocenters. The molecule has 0 aromatic heterocycles. The monoisotopic (exact) mass is 232 g/mol. The molecular formula is C14H20N2O. The molecule has 1 aliphatic carbocycles. The molecule has 0 bridgehead atoms. The van der Waals surface area contributed by atoms with Crippen molar-refractivity contribution in [1.82, 2.24) is 4.90 Å². The van der Waals surface area contributed by atoms with E-state index < -0.39 is 0 Å². The number of hydrogen-bond donors (Lipinski definition) is 1. The molecule has 0 radical (unpaired) electrons. The smallest absolute Gasteiger partial charge is 0.123 e. The summed E-state index contributed by atoms with van der Waals surface area (Å²) in [5, 5.41) is 0. The topological polar surface area (TPSA) is 38.5 Å². The second kappa shape index (κ2) is 4.67. The Morgan fingerprint density at radius 2 is 2.24 bits per heavy atom. The van der Waals surface area contributed by atoms with Crippen LogP contribution in [0.4, 0.5) is 0 Å². The lowest BCUT2D eigenvalue weighted by atomic mass is 10.1. The highest BCUT2D eigenvalue weighted by Gasteiger charge is 2.25. The van der Waals surface area contributed by atoms with Crippen LogP contribution in [0.25, 0.3) is 0 Å². The van der Waals surface area contributed by atoms with E-state index in [0.29, 0.717) is 6.54 Å². The van der Waals surface area contributed by atoms with Crippen molar-refractivity contribution in [2.45, 2.75) is 25.9 Å². The van der Waals surface area contributed by atoms with Gasteiger partial charge in [-0.3, -0.25) is 4.90 Å². The summed E-state index contributed by atoms with van der Waals surface area (Å²) in [4.78, 5) is 2.52. The second-order valence-corrected chi connectivity index (χ2v) is 5.17. The number of fused-ring (bicyclic) bond motifs is 1. The van der Waals surface area contributed by atoms with Crippen molar-refractivity contribution in [3.63, 3.8) is 0 Å². The Morgan fingerprint density at radius 1 is 1.35 bits per heavy atom. The van der Waals surface area contributed by atoms with E-state index in [1.54, 1.807) is 0 Å². The van der Waals surface area contributed by atoms with Crippen molar-refractivity contribution >= 4 is 0 Å². The Kier molecular flexibility index (Phi) is 3.04. The maximum atomic E-state index is 5.80. The van der Waals surface area contributed by atoms with E-state index >= 15 is 0 Å². The molecule has 2 aliphatic rings. The van der Waals surface area contributed by atoms with Gasteiger partial charge in [-0.2, -0.15) is 0 Å². The summed E-state index contributed by atoms with van der Waals surface area (Å²) in [5.41, 5.74) is 8.19. The molecule has 1 fully saturated rings. The van der Waals surface area contributed by atoms with Gasteiger partial charge < -0.3 is 10.5 Å². The lowest BCUT2D eigenvalue weighted by Crippen LogP contribution is -2.27. The third-order valence-electron chi connectivity index (χ3n) is 3.63. The van der Waals surface area contributed by atoms with Crippen LogP contribution in [0.1, 0.15) is 24.0 Å².